The molecule has 0 aromatic heterocycles. The van der Waals surface area contributed by atoms with E-state index in [9.17, 15) is 111 Å². The van der Waals surface area contributed by atoms with Gasteiger partial charge in [0.1, 0.15) is 165 Å². The fourth-order valence-corrected chi connectivity index (χ4v) is 12.5. The fraction of sp³-hybridized carbons (Fsp3) is 0.878. The van der Waals surface area contributed by atoms with Crippen molar-refractivity contribution in [3.05, 3.63) is 29.8 Å². The van der Waals surface area contributed by atoms with Crippen LogP contribution < -0.4 is 0 Å². The Hall–Kier alpha value is -2.23. The molecule has 0 amide bonds. The average molecular weight is 1290 g/mol. The first-order valence-corrected chi connectivity index (χ1v) is 29.0. The lowest BCUT2D eigenvalue weighted by molar-refractivity contribution is -0.396. The number of ether oxygens (including phenoxy) is 14. The number of hydrogen-bond donors (Lipinski definition) is 20. The third kappa shape index (κ3) is 13.9. The monoisotopic (exact) mass is 1290 g/mol. The maximum Gasteiger partial charge on any atom is 0.297 e. The van der Waals surface area contributed by atoms with Crippen molar-refractivity contribution >= 4 is 10.1 Å². The summed E-state index contributed by atoms with van der Waals surface area (Å²) < 4.78 is 114. The number of benzene rings is 1. The number of aryl methyl sites for hydroxylation is 1. The smallest absolute Gasteiger partial charge is 0.297 e. The predicted octanol–water partition coefficient (Wildman–Crippen LogP) is -13.5. The molecule has 500 valence electrons. The fourth-order valence-electron chi connectivity index (χ4n) is 11.4. The summed E-state index contributed by atoms with van der Waals surface area (Å²) in [5.74, 6) is 0. The number of rotatable bonds is 10. The van der Waals surface area contributed by atoms with Gasteiger partial charge in [-0.15, -0.1) is 0 Å². The Bertz CT molecular complexity index is 2430. The molecule has 0 saturated carbocycles. The van der Waals surface area contributed by atoms with E-state index in [0.29, 0.717) is 5.56 Å². The summed E-state index contributed by atoms with van der Waals surface area (Å²) in [6.07, 6.45) is -73.3. The van der Waals surface area contributed by atoms with Crippen LogP contribution in [0.3, 0.4) is 0 Å². The minimum atomic E-state index is -5.02. The normalized spacial score (nSPS) is 50.5. The molecule has 14 bridgehead atoms. The minimum absolute atomic E-state index is 0.504. The van der Waals surface area contributed by atoms with E-state index in [-0.39, 0.29) is 0 Å². The van der Waals surface area contributed by atoms with Crippen molar-refractivity contribution in [1.82, 2.24) is 0 Å². The van der Waals surface area contributed by atoms with Gasteiger partial charge in [-0.1, -0.05) is 17.7 Å². The first kappa shape index (κ1) is 69.1. The van der Waals surface area contributed by atoms with Crippen LogP contribution in [0.1, 0.15) is 5.56 Å². The highest BCUT2D eigenvalue weighted by Gasteiger charge is 2.60. The van der Waals surface area contributed by atoms with Crippen molar-refractivity contribution in [3.8, 4) is 0 Å². The molecule has 0 radical (unpaired) electrons. The summed E-state index contributed by atoms with van der Waals surface area (Å²) in [5, 5.41) is 223. The Balaban J connectivity index is 1.04. The number of fused-ring (bicyclic) bond motifs is 7. The van der Waals surface area contributed by atoms with E-state index in [1.807, 2.05) is 0 Å². The van der Waals surface area contributed by atoms with Crippen molar-refractivity contribution in [2.45, 2.75) is 227 Å². The summed E-state index contributed by atoms with van der Waals surface area (Å²) in [7, 11) is -5.02. The van der Waals surface area contributed by atoms with E-state index in [2.05, 4.69) is 0 Å². The first-order chi connectivity index (χ1) is 41.3. The SMILES string of the molecule is Cc1ccc(S(=O)(=O)O[C@@H]2[C@@H]3O[C@@H]4[C@@H](O)[C@H](O)[C@H](O[C@@H]5[C@@H](O)[C@H](O)[C@H](O[C@@H]6[C@@H](O)[C@H](O)[C@H](O[C@@H]7[C@@H](O)[C@H](O)[C@H](O[C@@H]8[C@@H](O)[C@H](O)[C@H](O[C@@H]9[C@@H](O)[C@H](O)[C@H](O[C@H]([C@H]2O)[C@H](CO)O3)O[C@H]9CO)O[C@H]8CO)O[C@H]7CO)O[C@H]6CO)O[C@H]5CO)O[C@H]4CO)cc1. The molecule has 16 rings (SSSR count). The van der Waals surface area contributed by atoms with Gasteiger partial charge in [-0.25, -0.2) is 0 Å². The summed E-state index contributed by atoms with van der Waals surface area (Å²) in [6.45, 7) is -6.12. The molecule has 1 aromatic rings. The zero-order valence-corrected chi connectivity index (χ0v) is 46.6. The van der Waals surface area contributed by atoms with Crippen molar-refractivity contribution in [1.29, 1.82) is 0 Å². The van der Waals surface area contributed by atoms with Crippen LogP contribution in [-0.2, 0) is 80.6 Å². The summed E-state index contributed by atoms with van der Waals surface area (Å²) >= 11 is 0. The van der Waals surface area contributed by atoms with E-state index in [4.69, 9.17) is 70.5 Å². The lowest BCUT2D eigenvalue weighted by atomic mass is 9.95. The first-order valence-electron chi connectivity index (χ1n) is 27.6. The third-order valence-corrected chi connectivity index (χ3v) is 17.6. The van der Waals surface area contributed by atoms with Gasteiger partial charge in [0.25, 0.3) is 10.1 Å². The van der Waals surface area contributed by atoms with Crippen LogP contribution in [-0.4, -0.2) is 372 Å². The number of aliphatic hydroxyl groups is 20. The molecule has 0 aliphatic carbocycles. The lowest BCUT2D eigenvalue weighted by Gasteiger charge is -2.50. The molecule has 15 heterocycles. The second kappa shape index (κ2) is 29.0. The third-order valence-electron chi connectivity index (χ3n) is 16.3. The van der Waals surface area contributed by atoms with E-state index in [1.54, 1.807) is 6.92 Å². The van der Waals surface area contributed by atoms with Crippen molar-refractivity contribution in [2.75, 3.05) is 46.2 Å². The van der Waals surface area contributed by atoms with Gasteiger partial charge < -0.3 is 168 Å². The molecule has 0 spiro atoms. The van der Waals surface area contributed by atoms with Crippen LogP contribution in [0.25, 0.3) is 0 Å². The van der Waals surface area contributed by atoms with E-state index < -0.39 is 276 Å². The highest BCUT2D eigenvalue weighted by Crippen LogP contribution is 2.40. The lowest BCUT2D eigenvalue weighted by Crippen LogP contribution is -2.68. The molecule has 0 unspecified atom stereocenters. The molecule has 15 saturated heterocycles. The minimum Gasteiger partial charge on any atom is -0.394 e. The molecular formula is C49H76O37S. The summed E-state index contributed by atoms with van der Waals surface area (Å²) in [6, 6.07) is 5.02. The Kier molecular flexibility index (Phi) is 23.0. The second-order valence-corrected chi connectivity index (χ2v) is 23.6. The number of hydrogen-bond acceptors (Lipinski definition) is 37. The van der Waals surface area contributed by atoms with Gasteiger partial charge in [0.15, 0.2) is 50.1 Å². The van der Waals surface area contributed by atoms with Gasteiger partial charge in [-0.3, -0.25) is 4.18 Å². The highest BCUT2D eigenvalue weighted by atomic mass is 32.2. The van der Waals surface area contributed by atoms with Gasteiger partial charge in [0.2, 0.25) is 0 Å². The second-order valence-electron chi connectivity index (χ2n) is 22.0. The molecule has 87 heavy (non-hydrogen) atoms. The molecular weight excluding hydrogens is 1210 g/mol. The van der Waals surface area contributed by atoms with Gasteiger partial charge >= 0.3 is 0 Å². The Morgan fingerprint density at radius 1 is 0.299 bits per heavy atom. The summed E-state index contributed by atoms with van der Waals surface area (Å²) in [4.78, 5) is -0.504. The highest BCUT2D eigenvalue weighted by molar-refractivity contribution is 7.86. The largest absolute Gasteiger partial charge is 0.394 e. The Morgan fingerprint density at radius 2 is 0.494 bits per heavy atom. The van der Waals surface area contributed by atoms with Crippen LogP contribution in [0.5, 0.6) is 0 Å². The molecule has 20 N–H and O–H groups in total. The van der Waals surface area contributed by atoms with E-state index in [1.165, 1.54) is 12.1 Å². The Labute approximate surface area is 492 Å². The van der Waals surface area contributed by atoms with E-state index in [0.717, 1.165) is 12.1 Å². The molecule has 1 aromatic carbocycles. The van der Waals surface area contributed by atoms with Crippen LogP contribution in [0.15, 0.2) is 29.2 Å². The topological polar surface area (TPSA) is 577 Å². The van der Waals surface area contributed by atoms with Crippen molar-refractivity contribution in [2.24, 2.45) is 0 Å². The van der Waals surface area contributed by atoms with Crippen molar-refractivity contribution < 1.29 is 181 Å². The summed E-state index contributed by atoms with van der Waals surface area (Å²) in [5.41, 5.74) is 0.600. The maximum atomic E-state index is 14.0. The zero-order chi connectivity index (χ0) is 63.2. The van der Waals surface area contributed by atoms with Crippen molar-refractivity contribution in [3.63, 3.8) is 0 Å². The standard InChI is InChI=1S/C49H76O37S/c1-13-2-4-14(5-3-13)87(70,71)86-42-34(69)41-21(12-56)78-49(42)85-40-20(11-55)77-47(33(68)27(40)62)83-38-18(9-53)75-45(31(66)25(38)60)81-36-16(7-51)73-43(29(64)23(36)58)79-35-15(6-50)72-44(28(63)22(35)57)80-37-17(8-52)74-46(30(65)24(37)59)82-39-19(10-54)76-48(84-41)32(67)26(39)61/h2-5,15-69H,6-12H2,1H3/t15-,16-,17-,18-,19-,20-,21-,22-,23-,24-,25-,26-,27-,28-,29-,30-,31-,32-,33-,34+,35-,36-,37-,38-,39-,40-,41-,42-,43-,44-,45-,46-,47-,48-,49-/m0/s1. The van der Waals surface area contributed by atoms with Crippen LogP contribution >= 0.6 is 0 Å². The van der Waals surface area contributed by atoms with Gasteiger partial charge in [0, 0.05) is 0 Å². The molecule has 35 atom stereocenters. The Morgan fingerprint density at radius 3 is 0.713 bits per heavy atom. The molecule has 37 nitrogen and oxygen atoms in total. The van der Waals surface area contributed by atoms with Crippen LogP contribution in [0.2, 0.25) is 0 Å². The van der Waals surface area contributed by atoms with Gasteiger partial charge in [-0.05, 0) is 19.1 Å². The zero-order valence-electron chi connectivity index (χ0n) is 45.8. The molecule has 15 aliphatic rings. The predicted molar refractivity (Wildman–Crippen MR) is 266 cm³/mol. The molecule has 15 aliphatic heterocycles. The van der Waals surface area contributed by atoms with E-state index >= 15 is 0 Å². The quantitative estimate of drug-likeness (QED) is 0.0967. The number of aliphatic hydroxyl groups excluding tert-OH is 20. The molecule has 15 fully saturated rings. The van der Waals surface area contributed by atoms with Crippen LogP contribution in [0.4, 0.5) is 0 Å². The van der Waals surface area contributed by atoms with Crippen LogP contribution in [0, 0.1) is 6.92 Å². The van der Waals surface area contributed by atoms with Gasteiger partial charge in [-0.2, -0.15) is 8.42 Å². The maximum absolute atomic E-state index is 14.0. The molecule has 38 heteroatoms. The average Bonchev–Trinajstić information content (AvgIpc) is 1.18. The van der Waals surface area contributed by atoms with Gasteiger partial charge in [0.05, 0.1) is 51.1 Å².